The van der Waals surface area contributed by atoms with Gasteiger partial charge in [-0.05, 0) is 6.92 Å². The second kappa shape index (κ2) is 4.91. The number of aliphatic hydroxyl groups is 1. The third-order valence-corrected chi connectivity index (χ3v) is 3.73. The second-order valence-electron chi connectivity index (χ2n) is 3.80. The highest BCUT2D eigenvalue weighted by Gasteiger charge is 2.15. The number of nitrogen functional groups attached to an aromatic ring is 1. The van der Waals surface area contributed by atoms with E-state index < -0.39 is 6.10 Å². The van der Waals surface area contributed by atoms with Crippen LogP contribution in [0.25, 0.3) is 5.65 Å². The van der Waals surface area contributed by atoms with Gasteiger partial charge in [-0.3, -0.25) is 0 Å². The molecule has 0 saturated carbocycles. The Hall–Kier alpha value is -1.31. The van der Waals surface area contributed by atoms with Crippen molar-refractivity contribution in [3.63, 3.8) is 0 Å². The van der Waals surface area contributed by atoms with Crippen LogP contribution in [0.5, 0.6) is 0 Å². The van der Waals surface area contributed by atoms with E-state index in [1.165, 1.54) is 11.8 Å². The van der Waals surface area contributed by atoms with Gasteiger partial charge in [0.25, 0.3) is 0 Å². The van der Waals surface area contributed by atoms with E-state index in [1.807, 2.05) is 17.5 Å². The van der Waals surface area contributed by atoms with Crippen LogP contribution >= 0.6 is 11.8 Å². The zero-order valence-corrected chi connectivity index (χ0v) is 10.5. The molecule has 17 heavy (non-hydrogen) atoms. The molecule has 0 amide bonds. The third kappa shape index (κ3) is 2.51. The van der Waals surface area contributed by atoms with E-state index in [0.717, 1.165) is 10.7 Å². The van der Waals surface area contributed by atoms with Crippen molar-refractivity contribution in [1.29, 1.82) is 0 Å². The van der Waals surface area contributed by atoms with Crippen molar-refractivity contribution in [2.45, 2.75) is 30.2 Å². The number of nitrogens with one attached hydrogen (secondary N) is 1. The molecule has 92 valence electrons. The molecule has 0 aliphatic heterocycles. The number of hydrazine groups is 1. The summed E-state index contributed by atoms with van der Waals surface area (Å²) in [7, 11) is 0. The predicted molar refractivity (Wildman–Crippen MR) is 67.8 cm³/mol. The third-order valence-electron chi connectivity index (χ3n) is 2.47. The predicted octanol–water partition coefficient (Wildman–Crippen LogP) is 0.876. The standard InChI is InChI=1S/C10H15N5OS/c1-6(16)7(2)17-10-9-12-3-4-15(9)5-8(13-10)14-11/h3-7,14,16H,11H2,1-2H3. The lowest BCUT2D eigenvalue weighted by molar-refractivity contribution is 0.196. The van der Waals surface area contributed by atoms with Crippen molar-refractivity contribution in [2.75, 3.05) is 5.43 Å². The number of aliphatic hydroxyl groups excluding tert-OH is 1. The second-order valence-corrected chi connectivity index (χ2v) is 5.16. The molecular formula is C10H15N5OS. The first-order valence-corrected chi connectivity index (χ1v) is 6.15. The molecule has 0 aromatic carbocycles. The van der Waals surface area contributed by atoms with Crippen LogP contribution in [0.3, 0.4) is 0 Å². The van der Waals surface area contributed by atoms with E-state index >= 15 is 0 Å². The summed E-state index contributed by atoms with van der Waals surface area (Å²) < 4.78 is 1.85. The minimum Gasteiger partial charge on any atom is -0.392 e. The van der Waals surface area contributed by atoms with Crippen molar-refractivity contribution in [3.8, 4) is 0 Å². The van der Waals surface area contributed by atoms with Gasteiger partial charge < -0.3 is 14.9 Å². The first kappa shape index (κ1) is 12.2. The van der Waals surface area contributed by atoms with E-state index in [9.17, 15) is 5.11 Å². The van der Waals surface area contributed by atoms with Gasteiger partial charge in [0.05, 0.1) is 12.3 Å². The molecule has 2 unspecified atom stereocenters. The largest absolute Gasteiger partial charge is 0.392 e. The Morgan fingerprint density at radius 2 is 2.29 bits per heavy atom. The average molecular weight is 253 g/mol. The van der Waals surface area contributed by atoms with E-state index in [1.54, 1.807) is 19.3 Å². The van der Waals surface area contributed by atoms with Crippen LogP contribution in [-0.4, -0.2) is 30.8 Å². The SMILES string of the molecule is CC(O)C(C)Sc1nc(NN)cn2ccnc12. The highest BCUT2D eigenvalue weighted by molar-refractivity contribution is 8.00. The molecule has 7 heteroatoms. The number of thioether (sulfide) groups is 1. The zero-order chi connectivity index (χ0) is 12.4. The molecule has 0 fully saturated rings. The van der Waals surface area contributed by atoms with Crippen LogP contribution in [0.2, 0.25) is 0 Å². The average Bonchev–Trinajstić information content (AvgIpc) is 2.76. The number of nitrogens with two attached hydrogens (primary N) is 1. The number of imidazole rings is 1. The fraction of sp³-hybridized carbons (Fsp3) is 0.400. The van der Waals surface area contributed by atoms with Crippen LogP contribution in [0.15, 0.2) is 23.6 Å². The highest BCUT2D eigenvalue weighted by atomic mass is 32.2. The van der Waals surface area contributed by atoms with Crippen molar-refractivity contribution in [1.82, 2.24) is 14.4 Å². The number of aromatic nitrogens is 3. The van der Waals surface area contributed by atoms with Gasteiger partial charge in [-0.15, -0.1) is 0 Å². The Morgan fingerprint density at radius 3 is 2.94 bits per heavy atom. The van der Waals surface area contributed by atoms with Crippen LogP contribution in [-0.2, 0) is 0 Å². The first-order valence-electron chi connectivity index (χ1n) is 5.27. The molecule has 0 saturated heterocycles. The van der Waals surface area contributed by atoms with Gasteiger partial charge in [0.1, 0.15) is 5.03 Å². The van der Waals surface area contributed by atoms with Gasteiger partial charge in [-0.2, -0.15) is 0 Å². The Morgan fingerprint density at radius 1 is 1.53 bits per heavy atom. The lowest BCUT2D eigenvalue weighted by atomic mass is 10.3. The quantitative estimate of drug-likeness (QED) is 0.426. The van der Waals surface area contributed by atoms with E-state index in [-0.39, 0.29) is 5.25 Å². The number of hydrogen-bond acceptors (Lipinski definition) is 6. The van der Waals surface area contributed by atoms with Gasteiger partial charge in [0.2, 0.25) is 0 Å². The van der Waals surface area contributed by atoms with Crippen molar-refractivity contribution < 1.29 is 5.11 Å². The van der Waals surface area contributed by atoms with Gasteiger partial charge in [-0.25, -0.2) is 15.8 Å². The molecule has 2 aromatic rings. The Kier molecular flexibility index (Phi) is 3.51. The van der Waals surface area contributed by atoms with Crippen LogP contribution in [0, 0.1) is 0 Å². The molecule has 6 nitrogen and oxygen atoms in total. The van der Waals surface area contributed by atoms with Crippen molar-refractivity contribution >= 4 is 23.2 Å². The summed E-state index contributed by atoms with van der Waals surface area (Å²) in [6.45, 7) is 3.70. The van der Waals surface area contributed by atoms with Gasteiger partial charge in [-0.1, -0.05) is 18.7 Å². The Balaban J connectivity index is 2.40. The molecule has 2 heterocycles. The molecule has 4 N–H and O–H groups in total. The number of fused-ring (bicyclic) bond motifs is 1. The first-order chi connectivity index (χ1) is 8.11. The molecule has 0 radical (unpaired) electrons. The summed E-state index contributed by atoms with van der Waals surface area (Å²) in [5.41, 5.74) is 3.28. The summed E-state index contributed by atoms with van der Waals surface area (Å²) in [5, 5.41) is 10.3. The van der Waals surface area contributed by atoms with Gasteiger partial charge in [0, 0.05) is 17.6 Å². The molecular weight excluding hydrogens is 238 g/mol. The Labute approximate surface area is 103 Å². The fourth-order valence-corrected chi connectivity index (χ4v) is 2.29. The summed E-state index contributed by atoms with van der Waals surface area (Å²) in [6.07, 6.45) is 4.88. The van der Waals surface area contributed by atoms with E-state index in [4.69, 9.17) is 5.84 Å². The molecule has 0 bridgehead atoms. The fourth-order valence-electron chi connectivity index (χ4n) is 1.33. The number of hydrogen-bond donors (Lipinski definition) is 3. The van der Waals surface area contributed by atoms with Crippen molar-refractivity contribution in [2.24, 2.45) is 5.84 Å². The summed E-state index contributed by atoms with van der Waals surface area (Å²) in [6, 6.07) is 0. The minimum atomic E-state index is -0.411. The number of nitrogens with zero attached hydrogens (tertiary/aromatic N) is 3. The molecule has 2 rings (SSSR count). The van der Waals surface area contributed by atoms with E-state index in [2.05, 4.69) is 15.4 Å². The van der Waals surface area contributed by atoms with Crippen LogP contribution in [0.4, 0.5) is 5.82 Å². The molecule has 0 aliphatic rings. The maximum absolute atomic E-state index is 9.52. The number of anilines is 1. The normalized spacial score (nSPS) is 14.8. The lowest BCUT2D eigenvalue weighted by Crippen LogP contribution is -2.16. The molecule has 0 aliphatic carbocycles. The monoisotopic (exact) mass is 253 g/mol. The minimum absolute atomic E-state index is 0.0380. The molecule has 0 spiro atoms. The number of rotatable bonds is 4. The van der Waals surface area contributed by atoms with Crippen molar-refractivity contribution in [3.05, 3.63) is 18.6 Å². The zero-order valence-electron chi connectivity index (χ0n) is 9.66. The lowest BCUT2D eigenvalue weighted by Gasteiger charge is -2.14. The van der Waals surface area contributed by atoms with Crippen LogP contribution in [0.1, 0.15) is 13.8 Å². The molecule has 2 atom stereocenters. The summed E-state index contributed by atoms with van der Waals surface area (Å²) in [5.74, 6) is 5.93. The maximum atomic E-state index is 9.52. The van der Waals surface area contributed by atoms with E-state index in [0.29, 0.717) is 5.82 Å². The van der Waals surface area contributed by atoms with Gasteiger partial charge >= 0.3 is 0 Å². The highest BCUT2D eigenvalue weighted by Crippen LogP contribution is 2.27. The Bertz CT molecular complexity index is 512. The smallest absolute Gasteiger partial charge is 0.169 e. The van der Waals surface area contributed by atoms with Gasteiger partial charge in [0.15, 0.2) is 11.5 Å². The maximum Gasteiger partial charge on any atom is 0.169 e. The summed E-state index contributed by atoms with van der Waals surface area (Å²) in [4.78, 5) is 8.58. The van der Waals surface area contributed by atoms with Crippen LogP contribution < -0.4 is 11.3 Å². The summed E-state index contributed by atoms with van der Waals surface area (Å²) >= 11 is 1.48. The molecule has 2 aromatic heterocycles. The topological polar surface area (TPSA) is 88.5 Å².